The molecule has 6 heteroatoms. The van der Waals surface area contributed by atoms with Gasteiger partial charge in [-0.1, -0.05) is 57.4 Å². The average molecular weight is 495 g/mol. The maximum atomic E-state index is 13.6. The fraction of sp³-hybridized carbons (Fsp3) is 0.120. The van der Waals surface area contributed by atoms with E-state index in [9.17, 15) is 9.59 Å². The molecule has 3 aromatic carbocycles. The van der Waals surface area contributed by atoms with Crippen LogP contribution in [0.4, 0.5) is 5.69 Å². The van der Waals surface area contributed by atoms with Crippen LogP contribution in [0.5, 0.6) is 0 Å². The van der Waals surface area contributed by atoms with Crippen molar-refractivity contribution in [1.29, 1.82) is 0 Å². The van der Waals surface area contributed by atoms with Crippen LogP contribution >= 0.6 is 27.5 Å². The maximum Gasteiger partial charge on any atom is 0.295 e. The summed E-state index contributed by atoms with van der Waals surface area (Å²) in [6.07, 6.45) is 0. The number of rotatable bonds is 2. The third-order valence-electron chi connectivity index (χ3n) is 5.64. The van der Waals surface area contributed by atoms with Crippen molar-refractivity contribution >= 4 is 50.1 Å². The van der Waals surface area contributed by atoms with E-state index in [4.69, 9.17) is 16.0 Å². The van der Waals surface area contributed by atoms with Crippen LogP contribution in [-0.4, -0.2) is 5.91 Å². The second-order valence-corrected chi connectivity index (χ2v) is 9.06. The van der Waals surface area contributed by atoms with Gasteiger partial charge in [0.15, 0.2) is 5.43 Å². The number of fused-ring (bicyclic) bond motifs is 2. The molecule has 154 valence electrons. The molecule has 0 bridgehead atoms. The molecule has 31 heavy (non-hydrogen) atoms. The zero-order chi connectivity index (χ0) is 21.9. The molecule has 1 atom stereocenters. The van der Waals surface area contributed by atoms with E-state index in [-0.39, 0.29) is 17.1 Å². The Morgan fingerprint density at radius 1 is 0.968 bits per heavy atom. The zero-order valence-corrected chi connectivity index (χ0v) is 19.1. The van der Waals surface area contributed by atoms with Crippen LogP contribution in [0.15, 0.2) is 74.3 Å². The highest BCUT2D eigenvalue weighted by Crippen LogP contribution is 2.42. The maximum absolute atomic E-state index is 13.6. The smallest absolute Gasteiger partial charge is 0.295 e. The molecule has 0 radical (unpaired) electrons. The molecule has 1 aliphatic rings. The molecule has 2 heterocycles. The summed E-state index contributed by atoms with van der Waals surface area (Å²) in [6.45, 7) is 3.82. The monoisotopic (exact) mass is 493 g/mol. The van der Waals surface area contributed by atoms with E-state index < -0.39 is 6.04 Å². The highest BCUT2D eigenvalue weighted by atomic mass is 79.9. The largest absolute Gasteiger partial charge is 0.450 e. The van der Waals surface area contributed by atoms with Crippen LogP contribution in [-0.2, 0) is 0 Å². The van der Waals surface area contributed by atoms with Gasteiger partial charge >= 0.3 is 0 Å². The van der Waals surface area contributed by atoms with E-state index in [0.29, 0.717) is 27.2 Å². The number of hydrogen-bond donors (Lipinski definition) is 0. The molecule has 0 spiro atoms. The van der Waals surface area contributed by atoms with Crippen LogP contribution < -0.4 is 10.3 Å². The molecule has 5 rings (SSSR count). The molecule has 0 N–H and O–H groups in total. The summed E-state index contributed by atoms with van der Waals surface area (Å²) in [5.41, 5.74) is 3.84. The Balaban J connectivity index is 1.82. The molecule has 4 nitrogen and oxygen atoms in total. The van der Waals surface area contributed by atoms with E-state index in [1.807, 2.05) is 56.3 Å². The van der Waals surface area contributed by atoms with Crippen molar-refractivity contribution in [2.24, 2.45) is 0 Å². The van der Waals surface area contributed by atoms with Crippen LogP contribution in [0, 0.1) is 13.8 Å². The lowest BCUT2D eigenvalue weighted by molar-refractivity contribution is 0.0971. The molecular formula is C25H17BrClNO3. The fourth-order valence-corrected chi connectivity index (χ4v) is 4.48. The number of benzene rings is 3. The summed E-state index contributed by atoms with van der Waals surface area (Å²) in [5.74, 6) is -0.284. The first-order valence-corrected chi connectivity index (χ1v) is 10.9. The first-order valence-electron chi connectivity index (χ1n) is 9.77. The molecular weight excluding hydrogens is 478 g/mol. The number of amides is 1. The third kappa shape index (κ3) is 3.20. The summed E-state index contributed by atoms with van der Waals surface area (Å²) < 4.78 is 6.91. The second kappa shape index (κ2) is 7.36. The Morgan fingerprint density at radius 3 is 2.42 bits per heavy atom. The molecule has 0 saturated carbocycles. The number of nitrogens with zero attached hydrogens (tertiary/aromatic N) is 1. The molecule has 1 unspecified atom stereocenters. The Bertz CT molecular complexity index is 1430. The summed E-state index contributed by atoms with van der Waals surface area (Å²) >= 11 is 9.82. The zero-order valence-electron chi connectivity index (χ0n) is 16.8. The van der Waals surface area contributed by atoms with Crippen molar-refractivity contribution in [3.63, 3.8) is 0 Å². The van der Waals surface area contributed by atoms with E-state index in [0.717, 1.165) is 21.2 Å². The third-order valence-corrected chi connectivity index (χ3v) is 6.58. The lowest BCUT2D eigenvalue weighted by Gasteiger charge is -2.25. The Hall–Kier alpha value is -2.89. The van der Waals surface area contributed by atoms with Crippen molar-refractivity contribution in [2.45, 2.75) is 19.9 Å². The number of carbonyl (C=O) groups is 1. The SMILES string of the molecule is Cc1ccc2oc3c(c(=O)c2c1)C(c1ccc(Br)cc1)N(c1ccc(C)c(Cl)c1)C3=O. The van der Waals surface area contributed by atoms with Gasteiger partial charge in [-0.3, -0.25) is 14.5 Å². The van der Waals surface area contributed by atoms with Gasteiger partial charge in [0, 0.05) is 15.2 Å². The molecule has 0 saturated heterocycles. The number of halogens is 2. The average Bonchev–Trinajstić information content (AvgIpc) is 3.04. The Labute approximate surface area is 192 Å². The van der Waals surface area contributed by atoms with Crippen LogP contribution in [0.3, 0.4) is 0 Å². The van der Waals surface area contributed by atoms with Crippen molar-refractivity contribution in [3.8, 4) is 0 Å². The minimum absolute atomic E-state index is 0.0750. The van der Waals surface area contributed by atoms with E-state index >= 15 is 0 Å². The van der Waals surface area contributed by atoms with Gasteiger partial charge in [-0.15, -0.1) is 0 Å². The van der Waals surface area contributed by atoms with Gasteiger partial charge in [0.05, 0.1) is 17.0 Å². The minimum Gasteiger partial charge on any atom is -0.450 e. The predicted molar refractivity (Wildman–Crippen MR) is 126 cm³/mol. The van der Waals surface area contributed by atoms with Gasteiger partial charge in [-0.05, 0) is 61.4 Å². The molecule has 0 fully saturated rings. The first-order chi connectivity index (χ1) is 14.8. The van der Waals surface area contributed by atoms with Gasteiger partial charge in [0.1, 0.15) is 5.58 Å². The molecule has 0 aliphatic carbocycles. The van der Waals surface area contributed by atoms with Gasteiger partial charge in [0.2, 0.25) is 5.76 Å². The minimum atomic E-state index is -0.615. The number of carbonyl (C=O) groups excluding carboxylic acids is 1. The van der Waals surface area contributed by atoms with E-state index in [2.05, 4.69) is 15.9 Å². The molecule has 1 amide bonds. The number of aryl methyl sites for hydroxylation is 2. The fourth-order valence-electron chi connectivity index (χ4n) is 4.05. The van der Waals surface area contributed by atoms with Crippen molar-refractivity contribution in [2.75, 3.05) is 4.90 Å². The summed E-state index contributed by atoms with van der Waals surface area (Å²) in [5, 5.41) is 1.02. The van der Waals surface area contributed by atoms with Crippen molar-refractivity contribution in [3.05, 3.63) is 108 Å². The van der Waals surface area contributed by atoms with Crippen LogP contribution in [0.25, 0.3) is 11.0 Å². The lowest BCUT2D eigenvalue weighted by Crippen LogP contribution is -2.29. The summed E-state index contributed by atoms with van der Waals surface area (Å²) in [7, 11) is 0. The second-order valence-electron chi connectivity index (χ2n) is 7.74. The van der Waals surface area contributed by atoms with Crippen LogP contribution in [0.2, 0.25) is 5.02 Å². The summed E-state index contributed by atoms with van der Waals surface area (Å²) in [4.78, 5) is 28.7. The van der Waals surface area contributed by atoms with Gasteiger partial charge in [0.25, 0.3) is 5.91 Å². The summed E-state index contributed by atoms with van der Waals surface area (Å²) in [6, 6.07) is 17.8. The van der Waals surface area contributed by atoms with E-state index in [1.54, 1.807) is 23.1 Å². The molecule has 1 aliphatic heterocycles. The standard InChI is InChI=1S/C25H17BrClNO3/c1-13-3-10-20-18(11-13)23(29)21-22(15-5-7-16(26)8-6-15)28(25(30)24(21)31-20)17-9-4-14(2)19(27)12-17/h3-12,22H,1-2H3. The van der Waals surface area contributed by atoms with Crippen molar-refractivity contribution in [1.82, 2.24) is 0 Å². The predicted octanol–water partition coefficient (Wildman–Crippen LogP) is 6.58. The van der Waals surface area contributed by atoms with Gasteiger partial charge in [-0.25, -0.2) is 0 Å². The molecule has 1 aromatic heterocycles. The number of anilines is 1. The normalized spacial score (nSPS) is 15.5. The highest BCUT2D eigenvalue weighted by molar-refractivity contribution is 9.10. The Morgan fingerprint density at radius 2 is 1.71 bits per heavy atom. The lowest BCUT2D eigenvalue weighted by atomic mass is 9.98. The quantitative estimate of drug-likeness (QED) is 0.316. The van der Waals surface area contributed by atoms with Gasteiger partial charge in [-0.2, -0.15) is 0 Å². The first kappa shape index (κ1) is 20.0. The molecule has 4 aromatic rings. The number of hydrogen-bond acceptors (Lipinski definition) is 3. The van der Waals surface area contributed by atoms with Crippen LogP contribution in [0.1, 0.15) is 38.9 Å². The highest BCUT2D eigenvalue weighted by Gasteiger charge is 2.43. The van der Waals surface area contributed by atoms with Crippen molar-refractivity contribution < 1.29 is 9.21 Å². The Kier molecular flexibility index (Phi) is 4.76. The van der Waals surface area contributed by atoms with Gasteiger partial charge < -0.3 is 4.42 Å². The van der Waals surface area contributed by atoms with E-state index in [1.165, 1.54) is 0 Å². The topological polar surface area (TPSA) is 50.5 Å².